The number of amides is 2. The van der Waals surface area contributed by atoms with E-state index in [1.807, 2.05) is 51.1 Å². The van der Waals surface area contributed by atoms with Crippen molar-refractivity contribution in [1.82, 2.24) is 10.2 Å². The third kappa shape index (κ3) is 7.57. The molecule has 0 radical (unpaired) electrons. The van der Waals surface area contributed by atoms with Crippen LogP contribution in [0.4, 0.5) is 5.69 Å². The van der Waals surface area contributed by atoms with E-state index in [-0.39, 0.29) is 17.3 Å². The number of halogens is 1. The molecule has 0 heterocycles. The summed E-state index contributed by atoms with van der Waals surface area (Å²) in [6.45, 7) is 6.86. The standard InChI is InChI=1S/C28H32ClN3O4S/c1-21(27(34)30-28(2,3)4)31(19-22-11-7-5-8-12-22)26(33)20-32(24-13-9-6-10-14-24)37(35,36)25-17-15-23(29)16-18-25/h5-18,21H,19-20H2,1-4H3,(H,30,34)/t21-/m1/s1. The summed E-state index contributed by atoms with van der Waals surface area (Å²) in [6, 6.07) is 22.6. The fourth-order valence-electron chi connectivity index (χ4n) is 3.69. The first-order valence-corrected chi connectivity index (χ1v) is 13.7. The van der Waals surface area contributed by atoms with Crippen LogP contribution in [-0.4, -0.2) is 43.3 Å². The van der Waals surface area contributed by atoms with Crippen molar-refractivity contribution < 1.29 is 18.0 Å². The molecule has 0 bridgehead atoms. The molecule has 0 aliphatic heterocycles. The molecule has 1 N–H and O–H groups in total. The maximum atomic E-state index is 13.8. The predicted molar refractivity (Wildman–Crippen MR) is 147 cm³/mol. The molecule has 196 valence electrons. The summed E-state index contributed by atoms with van der Waals surface area (Å²) in [6.07, 6.45) is 0. The molecule has 0 fully saturated rings. The molecular formula is C28H32ClN3O4S. The average molecular weight is 542 g/mol. The monoisotopic (exact) mass is 541 g/mol. The minimum Gasteiger partial charge on any atom is -0.350 e. The molecule has 0 aliphatic rings. The van der Waals surface area contributed by atoms with Gasteiger partial charge in [-0.15, -0.1) is 0 Å². The van der Waals surface area contributed by atoms with E-state index >= 15 is 0 Å². The van der Waals surface area contributed by atoms with E-state index < -0.39 is 34.1 Å². The topological polar surface area (TPSA) is 86.8 Å². The van der Waals surface area contributed by atoms with Crippen LogP contribution in [0.2, 0.25) is 5.02 Å². The zero-order chi connectivity index (χ0) is 27.2. The van der Waals surface area contributed by atoms with Gasteiger partial charge in [-0.2, -0.15) is 0 Å². The summed E-state index contributed by atoms with van der Waals surface area (Å²) < 4.78 is 28.4. The van der Waals surface area contributed by atoms with Gasteiger partial charge < -0.3 is 10.2 Å². The average Bonchev–Trinajstić information content (AvgIpc) is 2.85. The van der Waals surface area contributed by atoms with Crippen molar-refractivity contribution in [2.75, 3.05) is 10.8 Å². The summed E-state index contributed by atoms with van der Waals surface area (Å²) in [4.78, 5) is 28.3. The molecule has 2 amide bonds. The summed E-state index contributed by atoms with van der Waals surface area (Å²) in [5.41, 5.74) is 0.649. The molecule has 3 aromatic rings. The molecule has 0 aromatic heterocycles. The molecule has 0 saturated carbocycles. The van der Waals surface area contributed by atoms with E-state index in [9.17, 15) is 18.0 Å². The van der Waals surface area contributed by atoms with Crippen LogP contribution in [0.15, 0.2) is 89.8 Å². The first-order chi connectivity index (χ1) is 17.4. The molecule has 3 rings (SSSR count). The molecule has 1 atom stereocenters. The fraction of sp³-hybridized carbons (Fsp3) is 0.286. The lowest BCUT2D eigenvalue weighted by Gasteiger charge is -2.33. The molecule has 9 heteroatoms. The minimum absolute atomic E-state index is 0.00156. The van der Waals surface area contributed by atoms with E-state index in [1.54, 1.807) is 37.3 Å². The Bertz CT molecular complexity index is 1310. The molecule has 37 heavy (non-hydrogen) atoms. The number of benzene rings is 3. The fourth-order valence-corrected chi connectivity index (χ4v) is 5.23. The molecule has 0 unspecified atom stereocenters. The summed E-state index contributed by atoms with van der Waals surface area (Å²) in [5.74, 6) is -0.842. The second-order valence-electron chi connectivity index (χ2n) is 9.72. The normalized spacial score (nSPS) is 12.5. The lowest BCUT2D eigenvalue weighted by atomic mass is 10.1. The van der Waals surface area contributed by atoms with Crippen LogP contribution in [0, 0.1) is 0 Å². The second kappa shape index (κ2) is 11.8. The number of rotatable bonds is 9. The third-order valence-electron chi connectivity index (χ3n) is 5.59. The summed E-state index contributed by atoms with van der Waals surface area (Å²) >= 11 is 5.96. The molecule has 7 nitrogen and oxygen atoms in total. The zero-order valence-corrected chi connectivity index (χ0v) is 23.0. The predicted octanol–water partition coefficient (Wildman–Crippen LogP) is 4.87. The summed E-state index contributed by atoms with van der Waals surface area (Å²) in [7, 11) is -4.12. The number of nitrogens with zero attached hydrogens (tertiary/aromatic N) is 2. The lowest BCUT2D eigenvalue weighted by Crippen LogP contribution is -2.54. The number of nitrogens with one attached hydrogen (secondary N) is 1. The Balaban J connectivity index is 1.99. The van der Waals surface area contributed by atoms with Crippen molar-refractivity contribution in [1.29, 1.82) is 0 Å². The number of anilines is 1. The van der Waals surface area contributed by atoms with Gasteiger partial charge in [-0.3, -0.25) is 13.9 Å². The van der Waals surface area contributed by atoms with Gasteiger partial charge in [-0.05, 0) is 69.7 Å². The van der Waals surface area contributed by atoms with E-state index in [1.165, 1.54) is 29.2 Å². The SMILES string of the molecule is C[C@H](C(=O)NC(C)(C)C)N(Cc1ccccc1)C(=O)CN(c1ccccc1)S(=O)(=O)c1ccc(Cl)cc1. The Morgan fingerprint density at radius 2 is 1.43 bits per heavy atom. The maximum absolute atomic E-state index is 13.8. The maximum Gasteiger partial charge on any atom is 0.264 e. The van der Waals surface area contributed by atoms with Gasteiger partial charge in [0.1, 0.15) is 12.6 Å². The van der Waals surface area contributed by atoms with E-state index in [0.29, 0.717) is 10.7 Å². The van der Waals surface area contributed by atoms with Gasteiger partial charge in [0.2, 0.25) is 11.8 Å². The molecule has 0 saturated heterocycles. The quantitative estimate of drug-likeness (QED) is 0.419. The van der Waals surface area contributed by atoms with Crippen molar-refractivity contribution in [2.24, 2.45) is 0 Å². The van der Waals surface area contributed by atoms with Gasteiger partial charge in [0, 0.05) is 17.1 Å². The highest BCUT2D eigenvalue weighted by atomic mass is 35.5. The van der Waals surface area contributed by atoms with Gasteiger partial charge in [0.25, 0.3) is 10.0 Å². The number of sulfonamides is 1. The highest BCUT2D eigenvalue weighted by molar-refractivity contribution is 7.92. The van der Waals surface area contributed by atoms with Crippen LogP contribution in [0.1, 0.15) is 33.3 Å². The Hall–Kier alpha value is -3.36. The highest BCUT2D eigenvalue weighted by Crippen LogP contribution is 2.25. The van der Waals surface area contributed by atoms with Crippen molar-refractivity contribution >= 4 is 39.1 Å². The largest absolute Gasteiger partial charge is 0.350 e. The summed E-state index contributed by atoms with van der Waals surface area (Å²) in [5, 5.41) is 3.31. The van der Waals surface area contributed by atoms with Crippen molar-refractivity contribution in [3.63, 3.8) is 0 Å². The second-order valence-corrected chi connectivity index (χ2v) is 12.0. The van der Waals surface area contributed by atoms with Crippen LogP contribution < -0.4 is 9.62 Å². The van der Waals surface area contributed by atoms with Gasteiger partial charge >= 0.3 is 0 Å². The van der Waals surface area contributed by atoms with Crippen LogP contribution in [0.3, 0.4) is 0 Å². The van der Waals surface area contributed by atoms with Gasteiger partial charge in [0.05, 0.1) is 10.6 Å². The Labute approximate surface area is 224 Å². The van der Waals surface area contributed by atoms with Crippen LogP contribution in [0.25, 0.3) is 0 Å². The number of para-hydroxylation sites is 1. The van der Waals surface area contributed by atoms with E-state index in [0.717, 1.165) is 9.87 Å². The zero-order valence-electron chi connectivity index (χ0n) is 21.4. The Morgan fingerprint density at radius 1 is 0.892 bits per heavy atom. The van der Waals surface area contributed by atoms with Crippen molar-refractivity contribution in [3.05, 3.63) is 95.5 Å². The Morgan fingerprint density at radius 3 is 1.97 bits per heavy atom. The van der Waals surface area contributed by atoms with Gasteiger partial charge in [-0.1, -0.05) is 60.1 Å². The van der Waals surface area contributed by atoms with Crippen LogP contribution in [-0.2, 0) is 26.2 Å². The van der Waals surface area contributed by atoms with E-state index in [4.69, 9.17) is 11.6 Å². The third-order valence-corrected chi connectivity index (χ3v) is 7.63. The van der Waals surface area contributed by atoms with Crippen LogP contribution in [0.5, 0.6) is 0 Å². The molecule has 0 aliphatic carbocycles. The molecule has 3 aromatic carbocycles. The van der Waals surface area contributed by atoms with Gasteiger partial charge in [0.15, 0.2) is 0 Å². The molecule has 0 spiro atoms. The number of carbonyl (C=O) groups is 2. The molecular weight excluding hydrogens is 510 g/mol. The van der Waals surface area contributed by atoms with Crippen LogP contribution >= 0.6 is 11.6 Å². The van der Waals surface area contributed by atoms with Crippen molar-refractivity contribution in [2.45, 2.75) is 50.7 Å². The number of carbonyl (C=O) groups excluding carboxylic acids is 2. The number of hydrogen-bond acceptors (Lipinski definition) is 4. The van der Waals surface area contributed by atoms with Crippen molar-refractivity contribution in [3.8, 4) is 0 Å². The van der Waals surface area contributed by atoms with E-state index in [2.05, 4.69) is 5.32 Å². The smallest absolute Gasteiger partial charge is 0.264 e. The Kier molecular flexibility index (Phi) is 8.99. The lowest BCUT2D eigenvalue weighted by molar-refractivity contribution is -0.140. The van der Waals surface area contributed by atoms with Gasteiger partial charge in [-0.25, -0.2) is 8.42 Å². The highest BCUT2D eigenvalue weighted by Gasteiger charge is 2.33. The number of hydrogen-bond donors (Lipinski definition) is 1. The minimum atomic E-state index is -4.12. The first kappa shape index (κ1) is 28.2. The first-order valence-electron chi connectivity index (χ1n) is 11.9.